The van der Waals surface area contributed by atoms with Crippen molar-refractivity contribution in [3.8, 4) is 39.6 Å². The first kappa shape index (κ1) is 45.0. The van der Waals surface area contributed by atoms with Gasteiger partial charge < -0.3 is 23.9 Å². The Bertz CT molecular complexity index is 3690. The van der Waals surface area contributed by atoms with Gasteiger partial charge in [-0.2, -0.15) is 12.1 Å². The Kier molecular flexibility index (Phi) is 11.0. The molecule has 3 aromatic heterocycles. The molecule has 0 N–H and O–H groups in total. The van der Waals surface area contributed by atoms with Crippen LogP contribution in [0.5, 0.6) is 11.5 Å². The summed E-state index contributed by atoms with van der Waals surface area (Å²) in [6.45, 7) is 2.34. The molecule has 4 bridgehead atoms. The van der Waals surface area contributed by atoms with E-state index in [0.717, 1.165) is 84.6 Å². The SMILES string of the molecule is [Pt].[c-]1c(Oc2[c-]c3c(cc2)c2ccccc2n3-c2cc(C3(C4=CC=CN5C=CC=CB45)C4CC5CC(C4)CC3C5)ccn2)cccc1N1[CH-]N(c2c(-c3ccccc3)cccc2-c2ccccc2)c2cccnc21. The van der Waals surface area contributed by atoms with Gasteiger partial charge in [0.1, 0.15) is 11.6 Å². The topological polar surface area (TPSA) is 49.7 Å². The summed E-state index contributed by atoms with van der Waals surface area (Å²) in [4.78, 5) is 17.0. The molecule has 9 heteroatoms. The maximum Gasteiger partial charge on any atom is 0.316 e. The zero-order valence-corrected chi connectivity index (χ0v) is 42.9. The Hall–Kier alpha value is -7.67. The number of benzene rings is 6. The summed E-state index contributed by atoms with van der Waals surface area (Å²) < 4.78 is 9.11. The van der Waals surface area contributed by atoms with Gasteiger partial charge in [-0.05, 0) is 133 Å². The van der Waals surface area contributed by atoms with Crippen molar-refractivity contribution < 1.29 is 25.8 Å². The maximum atomic E-state index is 6.81. The number of aromatic nitrogens is 3. The first-order valence-corrected chi connectivity index (χ1v) is 25.9. The summed E-state index contributed by atoms with van der Waals surface area (Å²) in [6.07, 6.45) is 24.2. The fourth-order valence-electron chi connectivity index (χ4n) is 14.3. The van der Waals surface area contributed by atoms with Crippen molar-refractivity contribution >= 4 is 51.5 Å². The molecule has 6 heterocycles. The molecular formula is C65H50BN6OPt-3. The number of fused-ring (bicyclic) bond motifs is 5. The number of para-hydroxylation sites is 2. The molecule has 0 spiro atoms. The van der Waals surface area contributed by atoms with E-state index in [9.17, 15) is 0 Å². The summed E-state index contributed by atoms with van der Waals surface area (Å²) in [7, 11) is 0. The van der Waals surface area contributed by atoms with Crippen molar-refractivity contribution in [1.82, 2.24) is 19.3 Å². The van der Waals surface area contributed by atoms with E-state index in [2.05, 4.69) is 220 Å². The van der Waals surface area contributed by atoms with Gasteiger partial charge in [0.2, 0.25) is 0 Å². The van der Waals surface area contributed by atoms with Crippen molar-refractivity contribution in [3.05, 3.63) is 243 Å². The molecule has 16 rings (SSSR count). The van der Waals surface area contributed by atoms with Crippen LogP contribution in [0.15, 0.2) is 218 Å². The van der Waals surface area contributed by atoms with E-state index in [1.165, 1.54) is 43.1 Å². The molecule has 3 aliphatic heterocycles. The van der Waals surface area contributed by atoms with Gasteiger partial charge in [0, 0.05) is 72.7 Å². The van der Waals surface area contributed by atoms with Gasteiger partial charge in [-0.15, -0.1) is 42.4 Å². The maximum absolute atomic E-state index is 6.81. The zero-order valence-electron chi connectivity index (χ0n) is 40.6. The molecule has 0 radical (unpaired) electrons. The molecule has 6 aromatic carbocycles. The number of nitrogens with zero attached hydrogens (tertiary/aromatic N) is 6. The Labute approximate surface area is 447 Å². The van der Waals surface area contributed by atoms with Gasteiger partial charge in [-0.3, -0.25) is 0 Å². The third-order valence-corrected chi connectivity index (χ3v) is 16.9. The molecule has 0 amide bonds. The zero-order chi connectivity index (χ0) is 48.0. The molecule has 0 atom stereocenters. The first-order valence-electron chi connectivity index (χ1n) is 25.9. The summed E-state index contributed by atoms with van der Waals surface area (Å²) in [5.74, 6) is 8.16. The first-order chi connectivity index (χ1) is 36.2. The number of allylic oxidation sites excluding steroid dienone is 5. The number of pyridine rings is 2. The minimum absolute atomic E-state index is 0. The van der Waals surface area contributed by atoms with Crippen LogP contribution in [0, 0.1) is 42.5 Å². The standard InChI is InChI=1S/C65H50BN6O.Pt/c1-3-15-46(16-4-1)54-22-12-23-55(47-17-5-2-6-18-47)63(54)71-43-70(64-59(71)25-13-31-68-64)51-19-11-20-52(41-51)73-53-27-28-57-56-21-7-8-24-58(56)72(60(57)42-53)62-40-48(29-32-67-62)65(49-36-44-35-45(38-49)39-50(65)37-44)61-26-14-34-69-33-10-9-30-66(61)69;/h1-34,40,43-45,49-50H,35-39H2;/q-3;. The minimum atomic E-state index is -0.0821. The van der Waals surface area contributed by atoms with Crippen LogP contribution < -0.4 is 14.5 Å². The van der Waals surface area contributed by atoms with Gasteiger partial charge in [-0.25, -0.2) is 9.97 Å². The fraction of sp³-hybridized carbons (Fsp3) is 0.154. The van der Waals surface area contributed by atoms with Crippen LogP contribution in [0.4, 0.5) is 22.9 Å². The van der Waals surface area contributed by atoms with Crippen LogP contribution in [-0.2, 0) is 26.5 Å². The third-order valence-electron chi connectivity index (χ3n) is 16.9. The van der Waals surface area contributed by atoms with Gasteiger partial charge in [0.05, 0.1) is 5.69 Å². The molecule has 4 aliphatic carbocycles. The van der Waals surface area contributed by atoms with Gasteiger partial charge in [-0.1, -0.05) is 132 Å². The number of hydrogen-bond acceptors (Lipinski definition) is 6. The van der Waals surface area contributed by atoms with Crippen LogP contribution >= 0.6 is 0 Å². The molecule has 0 unspecified atom stereocenters. The van der Waals surface area contributed by atoms with E-state index in [1.807, 2.05) is 30.5 Å². The molecular weight excluding hydrogens is 1090 g/mol. The van der Waals surface area contributed by atoms with E-state index in [-0.39, 0.29) is 33.3 Å². The van der Waals surface area contributed by atoms with Crippen LogP contribution in [0.25, 0.3) is 49.9 Å². The molecule has 9 aromatic rings. The van der Waals surface area contributed by atoms with Gasteiger partial charge >= 0.3 is 6.85 Å². The fourth-order valence-corrected chi connectivity index (χ4v) is 14.3. The molecule has 7 aliphatic rings. The molecule has 362 valence electrons. The third kappa shape index (κ3) is 7.12. The Morgan fingerprint density at radius 1 is 0.608 bits per heavy atom. The number of anilines is 4. The van der Waals surface area contributed by atoms with Crippen LogP contribution in [0.1, 0.15) is 37.7 Å². The molecule has 4 fully saturated rings. The summed E-state index contributed by atoms with van der Waals surface area (Å²) in [6, 6.07) is 63.0. The van der Waals surface area contributed by atoms with E-state index in [1.54, 1.807) is 0 Å². The monoisotopic (exact) mass is 1140 g/mol. The summed E-state index contributed by atoms with van der Waals surface area (Å²) in [5.41, 5.74) is 12.2. The Morgan fingerprint density at radius 3 is 2.11 bits per heavy atom. The van der Waals surface area contributed by atoms with Crippen molar-refractivity contribution in [3.63, 3.8) is 0 Å². The van der Waals surface area contributed by atoms with E-state index < -0.39 is 0 Å². The quantitative estimate of drug-likeness (QED) is 0.106. The average molecular weight is 1140 g/mol. The van der Waals surface area contributed by atoms with Crippen molar-refractivity contribution in [1.29, 1.82) is 0 Å². The largest absolute Gasteiger partial charge is 0.509 e. The Morgan fingerprint density at radius 2 is 1.32 bits per heavy atom. The molecule has 4 saturated carbocycles. The number of ether oxygens (including phenoxy) is 1. The van der Waals surface area contributed by atoms with E-state index in [4.69, 9.17) is 14.7 Å². The van der Waals surface area contributed by atoms with Crippen molar-refractivity contribution in [2.45, 2.75) is 37.5 Å². The van der Waals surface area contributed by atoms with E-state index in [0.29, 0.717) is 23.3 Å². The predicted molar refractivity (Wildman–Crippen MR) is 295 cm³/mol. The van der Waals surface area contributed by atoms with Crippen LogP contribution in [0.2, 0.25) is 0 Å². The van der Waals surface area contributed by atoms with Crippen LogP contribution in [-0.4, -0.2) is 26.2 Å². The molecule has 74 heavy (non-hydrogen) atoms. The smallest absolute Gasteiger partial charge is 0.316 e. The second kappa shape index (κ2) is 18.1. The van der Waals surface area contributed by atoms with Crippen LogP contribution in [0.3, 0.4) is 0 Å². The molecule has 7 nitrogen and oxygen atoms in total. The predicted octanol–water partition coefficient (Wildman–Crippen LogP) is 15.3. The average Bonchev–Trinajstić information content (AvgIpc) is 4.01. The van der Waals surface area contributed by atoms with Crippen molar-refractivity contribution in [2.24, 2.45) is 23.7 Å². The molecule has 0 saturated heterocycles. The van der Waals surface area contributed by atoms with Gasteiger partial charge in [0.25, 0.3) is 0 Å². The Balaban J connectivity index is 0.00000505. The van der Waals surface area contributed by atoms with Gasteiger partial charge in [0.15, 0.2) is 0 Å². The second-order valence-corrected chi connectivity index (χ2v) is 20.7. The van der Waals surface area contributed by atoms with E-state index >= 15 is 0 Å². The minimum Gasteiger partial charge on any atom is -0.509 e. The second-order valence-electron chi connectivity index (χ2n) is 20.7. The number of rotatable bonds is 9. The number of hydrogen-bond donors (Lipinski definition) is 0. The van der Waals surface area contributed by atoms with Crippen molar-refractivity contribution in [2.75, 3.05) is 9.80 Å². The normalized spacial score (nSPS) is 22.0. The summed E-state index contributed by atoms with van der Waals surface area (Å²) >= 11 is 0. The summed E-state index contributed by atoms with van der Waals surface area (Å²) in [5, 5.41) is 2.26.